The van der Waals surface area contributed by atoms with Crippen molar-refractivity contribution in [1.29, 1.82) is 0 Å². The molecule has 0 aromatic rings. The van der Waals surface area contributed by atoms with Gasteiger partial charge in [0.25, 0.3) is 0 Å². The molecule has 0 aliphatic heterocycles. The van der Waals surface area contributed by atoms with E-state index in [0.29, 0.717) is 0 Å². The molecule has 0 amide bonds. The Morgan fingerprint density at radius 3 is 1.81 bits per heavy atom. The van der Waals surface area contributed by atoms with Gasteiger partial charge in [0.2, 0.25) is 6.10 Å². The molecule has 0 aliphatic carbocycles. The summed E-state index contributed by atoms with van der Waals surface area (Å²) in [5.41, 5.74) is 0. The van der Waals surface area contributed by atoms with E-state index >= 15 is 0 Å². The molecule has 0 spiro atoms. The zero-order valence-corrected chi connectivity index (χ0v) is 9.29. The van der Waals surface area contributed by atoms with Crippen LogP contribution in [0.15, 0.2) is 0 Å². The second-order valence-corrected chi connectivity index (χ2v) is 4.30. The second-order valence-electron chi connectivity index (χ2n) is 2.46. The monoisotopic (exact) mass is 258 g/mol. The molecule has 0 radical (unpaired) electrons. The zero-order valence-electron chi connectivity index (χ0n) is 8.39. The third kappa shape index (κ3) is 3.87. The lowest BCUT2D eigenvalue weighted by atomic mass is 10.2. The highest BCUT2D eigenvalue weighted by Crippen LogP contribution is 2.49. The molecule has 9 nitrogen and oxygen atoms in total. The molecule has 3 N–H and O–H groups in total. The normalized spacial score (nSPS) is 15.4. The van der Waals surface area contributed by atoms with Crippen molar-refractivity contribution in [2.24, 2.45) is 0 Å². The van der Waals surface area contributed by atoms with Gasteiger partial charge in [-0.3, -0.25) is 13.6 Å². The van der Waals surface area contributed by atoms with Gasteiger partial charge in [-0.1, -0.05) is 0 Å². The van der Waals surface area contributed by atoms with E-state index < -0.39 is 32.0 Å². The highest BCUT2D eigenvalue weighted by Gasteiger charge is 2.40. The van der Waals surface area contributed by atoms with Crippen LogP contribution in [-0.2, 0) is 27.7 Å². The summed E-state index contributed by atoms with van der Waals surface area (Å²) >= 11 is 0. The molecule has 0 rings (SSSR count). The van der Waals surface area contributed by atoms with Crippen molar-refractivity contribution in [3.8, 4) is 0 Å². The smallest absolute Gasteiger partial charge is 0.475 e. The zero-order chi connectivity index (χ0) is 12.9. The van der Waals surface area contributed by atoms with Gasteiger partial charge in [0.15, 0.2) is 6.10 Å². The SMILES string of the molecule is COP(=O)(OC)OC(C(=O)O)C(O)C(=O)O. The Balaban J connectivity index is 4.90. The first-order chi connectivity index (χ1) is 7.27. The summed E-state index contributed by atoms with van der Waals surface area (Å²) in [5, 5.41) is 25.9. The number of hydrogen-bond acceptors (Lipinski definition) is 7. The number of phosphoric ester groups is 1. The van der Waals surface area contributed by atoms with E-state index in [4.69, 9.17) is 15.3 Å². The molecule has 0 aliphatic rings. The number of carbonyl (C=O) groups is 2. The molecule has 0 aromatic heterocycles. The van der Waals surface area contributed by atoms with Crippen LogP contribution in [0.25, 0.3) is 0 Å². The standard InChI is InChI=1S/C6H11O9P/c1-13-16(12,14-2)15-4(6(10)11)3(7)5(8)9/h3-4,7H,1-2H3,(H,8,9)(H,10,11). The maximum absolute atomic E-state index is 11.4. The van der Waals surface area contributed by atoms with E-state index in [2.05, 4.69) is 13.6 Å². The first-order valence-electron chi connectivity index (χ1n) is 3.81. The fourth-order valence-electron chi connectivity index (χ4n) is 0.667. The summed E-state index contributed by atoms with van der Waals surface area (Å²) in [7, 11) is -2.36. The van der Waals surface area contributed by atoms with Gasteiger partial charge in [0, 0.05) is 14.2 Å². The molecular weight excluding hydrogens is 247 g/mol. The van der Waals surface area contributed by atoms with Gasteiger partial charge in [-0.25, -0.2) is 14.2 Å². The lowest BCUT2D eigenvalue weighted by molar-refractivity contribution is -0.164. The molecule has 0 fully saturated rings. The van der Waals surface area contributed by atoms with Crippen LogP contribution >= 0.6 is 7.82 Å². The minimum atomic E-state index is -4.19. The van der Waals surface area contributed by atoms with E-state index in [1.807, 2.05) is 0 Å². The van der Waals surface area contributed by atoms with Gasteiger partial charge >= 0.3 is 19.8 Å². The van der Waals surface area contributed by atoms with Crippen LogP contribution < -0.4 is 0 Å². The van der Waals surface area contributed by atoms with Crippen LogP contribution in [0.2, 0.25) is 0 Å². The number of phosphoric acid groups is 1. The molecular formula is C6H11O9P. The Bertz CT molecular complexity index is 305. The van der Waals surface area contributed by atoms with Crippen LogP contribution in [0, 0.1) is 0 Å². The first kappa shape index (κ1) is 15.0. The van der Waals surface area contributed by atoms with Gasteiger partial charge in [-0.05, 0) is 0 Å². The number of hydrogen-bond donors (Lipinski definition) is 3. The quantitative estimate of drug-likeness (QED) is 0.505. The predicted octanol–water partition coefficient (Wildman–Crippen LogP) is -0.697. The molecule has 0 saturated carbocycles. The number of aliphatic carboxylic acids is 2. The average molecular weight is 258 g/mol. The van der Waals surface area contributed by atoms with Crippen molar-refractivity contribution in [2.75, 3.05) is 14.2 Å². The van der Waals surface area contributed by atoms with Gasteiger partial charge in [0.1, 0.15) is 0 Å². The molecule has 94 valence electrons. The molecule has 0 heterocycles. The molecule has 16 heavy (non-hydrogen) atoms. The Morgan fingerprint density at radius 2 is 1.56 bits per heavy atom. The van der Waals surface area contributed by atoms with Gasteiger partial charge < -0.3 is 15.3 Å². The van der Waals surface area contributed by atoms with Gasteiger partial charge in [-0.15, -0.1) is 0 Å². The van der Waals surface area contributed by atoms with Crippen LogP contribution in [0.3, 0.4) is 0 Å². The summed E-state index contributed by atoms with van der Waals surface area (Å²) in [6, 6.07) is 0. The van der Waals surface area contributed by atoms with E-state index in [0.717, 1.165) is 14.2 Å². The largest absolute Gasteiger partial charge is 0.479 e. The van der Waals surface area contributed by atoms with E-state index in [-0.39, 0.29) is 0 Å². The topological polar surface area (TPSA) is 140 Å². The Labute approximate surface area is 90.2 Å². The second kappa shape index (κ2) is 5.92. The Hall–Kier alpha value is -0.990. The third-order valence-electron chi connectivity index (χ3n) is 1.47. The number of aliphatic hydroxyl groups excluding tert-OH is 1. The molecule has 2 atom stereocenters. The van der Waals surface area contributed by atoms with Crippen LogP contribution in [0.5, 0.6) is 0 Å². The van der Waals surface area contributed by atoms with Crippen molar-refractivity contribution in [1.82, 2.24) is 0 Å². The summed E-state index contributed by atoms with van der Waals surface area (Å²) in [6.45, 7) is 0. The van der Waals surface area contributed by atoms with E-state index in [1.165, 1.54) is 0 Å². The number of carboxylic acid groups (broad SMARTS) is 2. The molecule has 0 aromatic carbocycles. The van der Waals surface area contributed by atoms with E-state index in [9.17, 15) is 14.2 Å². The summed E-state index contributed by atoms with van der Waals surface area (Å²) < 4.78 is 24.1. The van der Waals surface area contributed by atoms with Crippen molar-refractivity contribution in [2.45, 2.75) is 12.2 Å². The summed E-state index contributed by atoms with van der Waals surface area (Å²) in [5.74, 6) is -3.66. The number of aliphatic hydroxyl groups is 1. The first-order valence-corrected chi connectivity index (χ1v) is 5.27. The maximum Gasteiger partial charge on any atom is 0.475 e. The fourth-order valence-corrected chi connectivity index (χ4v) is 1.47. The highest BCUT2D eigenvalue weighted by atomic mass is 31.2. The minimum absolute atomic E-state index is 0.913. The fraction of sp³-hybridized carbons (Fsp3) is 0.667. The molecule has 0 saturated heterocycles. The van der Waals surface area contributed by atoms with Gasteiger partial charge in [0.05, 0.1) is 0 Å². The summed E-state index contributed by atoms with van der Waals surface area (Å²) in [6.07, 6.45) is -4.65. The van der Waals surface area contributed by atoms with Crippen LogP contribution in [0.4, 0.5) is 0 Å². The number of rotatable bonds is 7. The highest BCUT2D eigenvalue weighted by molar-refractivity contribution is 7.48. The minimum Gasteiger partial charge on any atom is -0.479 e. The van der Waals surface area contributed by atoms with Crippen LogP contribution in [-0.4, -0.2) is 53.7 Å². The van der Waals surface area contributed by atoms with Crippen molar-refractivity contribution < 1.29 is 43.0 Å². The lowest BCUT2D eigenvalue weighted by Crippen LogP contribution is -2.41. The average Bonchev–Trinajstić information content (AvgIpc) is 2.24. The van der Waals surface area contributed by atoms with E-state index in [1.54, 1.807) is 0 Å². The maximum atomic E-state index is 11.4. The summed E-state index contributed by atoms with van der Waals surface area (Å²) in [4.78, 5) is 20.9. The van der Waals surface area contributed by atoms with Crippen molar-refractivity contribution >= 4 is 19.8 Å². The Kier molecular flexibility index (Phi) is 5.56. The van der Waals surface area contributed by atoms with Crippen molar-refractivity contribution in [3.63, 3.8) is 0 Å². The molecule has 2 unspecified atom stereocenters. The lowest BCUT2D eigenvalue weighted by Gasteiger charge is -2.20. The predicted molar refractivity (Wildman–Crippen MR) is 47.8 cm³/mol. The number of carboxylic acids is 2. The van der Waals surface area contributed by atoms with Gasteiger partial charge in [-0.2, -0.15) is 0 Å². The van der Waals surface area contributed by atoms with Crippen molar-refractivity contribution in [3.05, 3.63) is 0 Å². The Morgan fingerprint density at radius 1 is 1.12 bits per heavy atom. The molecule has 0 bridgehead atoms. The van der Waals surface area contributed by atoms with Crippen LogP contribution in [0.1, 0.15) is 0 Å². The third-order valence-corrected chi connectivity index (χ3v) is 2.85. The molecule has 10 heteroatoms.